The number of halogens is 1. The third-order valence-corrected chi connectivity index (χ3v) is 2.28. The summed E-state index contributed by atoms with van der Waals surface area (Å²) in [6.45, 7) is 5.46. The van der Waals surface area contributed by atoms with E-state index in [2.05, 4.69) is 11.9 Å². The molecule has 13 heavy (non-hydrogen) atoms. The van der Waals surface area contributed by atoms with Crippen molar-refractivity contribution < 1.29 is 4.39 Å². The van der Waals surface area contributed by atoms with Gasteiger partial charge in [-0.25, -0.2) is 9.37 Å². The molecule has 1 saturated heterocycles. The van der Waals surface area contributed by atoms with Gasteiger partial charge >= 0.3 is 0 Å². The SMILES string of the molecule is [CH2]c1cnc(N2CCCC2)c(F)c1. The van der Waals surface area contributed by atoms with Crippen LogP contribution in [0.4, 0.5) is 10.2 Å². The zero-order valence-corrected chi connectivity index (χ0v) is 7.46. The predicted molar refractivity (Wildman–Crippen MR) is 50.1 cm³/mol. The van der Waals surface area contributed by atoms with Gasteiger partial charge in [-0.3, -0.25) is 0 Å². The Morgan fingerprint density at radius 1 is 1.38 bits per heavy atom. The van der Waals surface area contributed by atoms with Crippen LogP contribution in [-0.4, -0.2) is 18.1 Å². The maximum absolute atomic E-state index is 13.4. The highest BCUT2D eigenvalue weighted by Gasteiger charge is 2.16. The molecule has 69 valence electrons. The molecular formula is C10H12FN2. The number of hydrogen-bond donors (Lipinski definition) is 0. The second kappa shape index (κ2) is 3.32. The summed E-state index contributed by atoms with van der Waals surface area (Å²) >= 11 is 0. The smallest absolute Gasteiger partial charge is 0.165 e. The van der Waals surface area contributed by atoms with E-state index in [0.29, 0.717) is 11.4 Å². The monoisotopic (exact) mass is 179 g/mol. The molecule has 1 aromatic rings. The van der Waals surface area contributed by atoms with Crippen molar-refractivity contribution in [3.05, 3.63) is 30.6 Å². The largest absolute Gasteiger partial charge is 0.354 e. The van der Waals surface area contributed by atoms with Gasteiger partial charge in [-0.1, -0.05) is 0 Å². The van der Waals surface area contributed by atoms with E-state index in [4.69, 9.17) is 0 Å². The predicted octanol–water partition coefficient (Wildman–Crippen LogP) is 2.00. The first kappa shape index (κ1) is 8.48. The van der Waals surface area contributed by atoms with Crippen LogP contribution >= 0.6 is 0 Å². The summed E-state index contributed by atoms with van der Waals surface area (Å²) in [6, 6.07) is 1.43. The Morgan fingerprint density at radius 3 is 2.69 bits per heavy atom. The molecule has 0 spiro atoms. The molecule has 1 fully saturated rings. The Bertz CT molecular complexity index is 306. The molecular weight excluding hydrogens is 167 g/mol. The Hall–Kier alpha value is -1.12. The van der Waals surface area contributed by atoms with Gasteiger partial charge in [0.05, 0.1) is 0 Å². The Labute approximate surface area is 77.4 Å². The standard InChI is InChI=1S/C10H12FN2/c1-8-6-9(11)10(12-7-8)13-4-2-3-5-13/h6-7H,1-5H2. The molecule has 0 unspecified atom stereocenters. The van der Waals surface area contributed by atoms with E-state index in [9.17, 15) is 4.39 Å². The minimum atomic E-state index is -0.255. The van der Waals surface area contributed by atoms with Gasteiger partial charge in [0.15, 0.2) is 11.6 Å². The third kappa shape index (κ3) is 1.64. The lowest BCUT2D eigenvalue weighted by Crippen LogP contribution is -2.20. The summed E-state index contributed by atoms with van der Waals surface area (Å²) < 4.78 is 13.4. The molecule has 1 aliphatic heterocycles. The highest BCUT2D eigenvalue weighted by molar-refractivity contribution is 5.42. The maximum Gasteiger partial charge on any atom is 0.165 e. The molecule has 0 amide bonds. The average Bonchev–Trinajstić information content (AvgIpc) is 2.56. The second-order valence-electron chi connectivity index (χ2n) is 3.34. The van der Waals surface area contributed by atoms with E-state index in [1.807, 2.05) is 4.90 Å². The molecule has 2 nitrogen and oxygen atoms in total. The van der Waals surface area contributed by atoms with Gasteiger partial charge in [0.2, 0.25) is 0 Å². The van der Waals surface area contributed by atoms with E-state index in [1.165, 1.54) is 6.07 Å². The fourth-order valence-corrected chi connectivity index (χ4v) is 1.63. The van der Waals surface area contributed by atoms with Crippen LogP contribution < -0.4 is 4.90 Å². The lowest BCUT2D eigenvalue weighted by atomic mass is 10.3. The molecule has 2 heterocycles. The average molecular weight is 179 g/mol. The molecule has 0 atom stereocenters. The Kier molecular flexibility index (Phi) is 2.17. The number of hydrogen-bond acceptors (Lipinski definition) is 2. The van der Waals surface area contributed by atoms with Crippen molar-refractivity contribution >= 4 is 5.82 Å². The lowest BCUT2D eigenvalue weighted by molar-refractivity contribution is 0.615. The summed E-state index contributed by atoms with van der Waals surface area (Å²) in [7, 11) is 0. The second-order valence-corrected chi connectivity index (χ2v) is 3.34. The normalized spacial score (nSPS) is 16.6. The number of rotatable bonds is 1. The number of pyridine rings is 1. The van der Waals surface area contributed by atoms with Crippen molar-refractivity contribution in [1.82, 2.24) is 4.98 Å². The molecule has 0 aromatic carbocycles. The molecule has 1 aliphatic rings. The summed E-state index contributed by atoms with van der Waals surface area (Å²) in [5, 5.41) is 0. The van der Waals surface area contributed by atoms with Crippen LogP contribution in [0.3, 0.4) is 0 Å². The molecule has 0 saturated carbocycles. The van der Waals surface area contributed by atoms with E-state index in [-0.39, 0.29) is 5.82 Å². The topological polar surface area (TPSA) is 16.1 Å². The number of nitrogens with zero attached hydrogens (tertiary/aromatic N) is 2. The van der Waals surface area contributed by atoms with Crippen LogP contribution in [0.5, 0.6) is 0 Å². The Balaban J connectivity index is 2.29. The van der Waals surface area contributed by atoms with Gasteiger partial charge in [0, 0.05) is 19.3 Å². The van der Waals surface area contributed by atoms with E-state index in [1.54, 1.807) is 6.20 Å². The molecule has 0 bridgehead atoms. The fraction of sp³-hybridized carbons (Fsp3) is 0.400. The van der Waals surface area contributed by atoms with Crippen LogP contribution in [0.2, 0.25) is 0 Å². The van der Waals surface area contributed by atoms with E-state index < -0.39 is 0 Å². The first-order chi connectivity index (χ1) is 6.27. The molecule has 1 aromatic heterocycles. The van der Waals surface area contributed by atoms with Crippen LogP contribution in [0.15, 0.2) is 12.3 Å². The fourth-order valence-electron chi connectivity index (χ4n) is 1.63. The van der Waals surface area contributed by atoms with Gasteiger partial charge in [0.25, 0.3) is 0 Å². The molecule has 1 radical (unpaired) electrons. The van der Waals surface area contributed by atoms with Gasteiger partial charge in [-0.15, -0.1) is 0 Å². The van der Waals surface area contributed by atoms with Crippen molar-refractivity contribution in [1.29, 1.82) is 0 Å². The highest BCUT2D eigenvalue weighted by Crippen LogP contribution is 2.21. The van der Waals surface area contributed by atoms with Crippen molar-refractivity contribution in [3.63, 3.8) is 0 Å². The van der Waals surface area contributed by atoms with Crippen LogP contribution in [0.25, 0.3) is 0 Å². The molecule has 2 rings (SSSR count). The highest BCUT2D eigenvalue weighted by atomic mass is 19.1. The van der Waals surface area contributed by atoms with Gasteiger partial charge in [-0.05, 0) is 31.4 Å². The van der Waals surface area contributed by atoms with Crippen molar-refractivity contribution in [2.75, 3.05) is 18.0 Å². The van der Waals surface area contributed by atoms with Crippen LogP contribution in [0, 0.1) is 12.7 Å². The number of aromatic nitrogens is 1. The molecule has 0 N–H and O–H groups in total. The Morgan fingerprint density at radius 2 is 2.08 bits per heavy atom. The minimum Gasteiger partial charge on any atom is -0.354 e. The number of anilines is 1. The first-order valence-electron chi connectivity index (χ1n) is 4.50. The zero-order valence-electron chi connectivity index (χ0n) is 7.46. The first-order valence-corrected chi connectivity index (χ1v) is 4.50. The quantitative estimate of drug-likeness (QED) is 0.655. The molecule has 0 aliphatic carbocycles. The maximum atomic E-state index is 13.4. The third-order valence-electron chi connectivity index (χ3n) is 2.28. The van der Waals surface area contributed by atoms with Gasteiger partial charge in [0.1, 0.15) is 0 Å². The van der Waals surface area contributed by atoms with Gasteiger partial charge < -0.3 is 4.90 Å². The minimum absolute atomic E-state index is 0.255. The van der Waals surface area contributed by atoms with E-state index >= 15 is 0 Å². The van der Waals surface area contributed by atoms with Crippen molar-refractivity contribution in [2.45, 2.75) is 12.8 Å². The summed E-state index contributed by atoms with van der Waals surface area (Å²) in [4.78, 5) is 6.03. The molecule has 3 heteroatoms. The summed E-state index contributed by atoms with van der Waals surface area (Å²) in [6.07, 6.45) is 3.87. The van der Waals surface area contributed by atoms with Crippen molar-refractivity contribution in [2.24, 2.45) is 0 Å². The summed E-state index contributed by atoms with van der Waals surface area (Å²) in [5.41, 5.74) is 0.625. The van der Waals surface area contributed by atoms with E-state index in [0.717, 1.165) is 25.9 Å². The van der Waals surface area contributed by atoms with Crippen molar-refractivity contribution in [3.8, 4) is 0 Å². The zero-order chi connectivity index (χ0) is 9.26. The van der Waals surface area contributed by atoms with Gasteiger partial charge in [-0.2, -0.15) is 0 Å². The lowest BCUT2D eigenvalue weighted by Gasteiger charge is -2.16. The summed E-state index contributed by atoms with van der Waals surface area (Å²) in [5.74, 6) is 0.222. The van der Waals surface area contributed by atoms with Crippen LogP contribution in [0.1, 0.15) is 18.4 Å². The van der Waals surface area contributed by atoms with Crippen LogP contribution in [-0.2, 0) is 0 Å².